The topological polar surface area (TPSA) is 79.6 Å². The molecule has 8 heteroatoms. The zero-order valence-electron chi connectivity index (χ0n) is 15.9. The van der Waals surface area contributed by atoms with Crippen molar-refractivity contribution < 1.29 is 4.79 Å². The Morgan fingerprint density at radius 3 is 2.85 bits per heavy atom. The summed E-state index contributed by atoms with van der Waals surface area (Å²) < 4.78 is 1.29. The highest BCUT2D eigenvalue weighted by Gasteiger charge is 2.15. The lowest BCUT2D eigenvalue weighted by Crippen LogP contribution is -2.30. The van der Waals surface area contributed by atoms with Crippen LogP contribution in [-0.2, 0) is 11.2 Å². The first-order chi connectivity index (χ1) is 12.9. The maximum Gasteiger partial charge on any atom is 0.275 e. The Labute approximate surface area is 161 Å². The number of anilines is 2. The van der Waals surface area contributed by atoms with E-state index in [-0.39, 0.29) is 18.0 Å². The summed E-state index contributed by atoms with van der Waals surface area (Å²) in [6, 6.07) is 7.33. The molecule has 0 aliphatic carbocycles. The standard InChI is InChI=1S/C19H23N5O2S/c1-5-7-14-10-17(26)24-18(20-14)27-19(22-24)23(4)11-16(25)21-15-9-6-8-12(2)13(15)3/h6,8-10H,5,7,11H2,1-4H3,(H,21,25). The number of hydrogen-bond acceptors (Lipinski definition) is 6. The van der Waals surface area contributed by atoms with Gasteiger partial charge in [0.25, 0.3) is 5.56 Å². The lowest BCUT2D eigenvalue weighted by molar-refractivity contribution is -0.114. The molecule has 1 aromatic carbocycles. The van der Waals surface area contributed by atoms with Crippen molar-refractivity contribution in [1.82, 2.24) is 14.6 Å². The number of aromatic nitrogens is 3. The summed E-state index contributed by atoms with van der Waals surface area (Å²) in [6.45, 7) is 6.16. The average Bonchev–Trinajstić information content (AvgIpc) is 3.04. The van der Waals surface area contributed by atoms with Crippen LogP contribution in [0.2, 0.25) is 0 Å². The van der Waals surface area contributed by atoms with Crippen molar-refractivity contribution in [3.8, 4) is 0 Å². The van der Waals surface area contributed by atoms with Gasteiger partial charge in [-0.3, -0.25) is 9.59 Å². The highest BCUT2D eigenvalue weighted by Crippen LogP contribution is 2.21. The molecule has 3 rings (SSSR count). The van der Waals surface area contributed by atoms with E-state index >= 15 is 0 Å². The molecular weight excluding hydrogens is 362 g/mol. The first-order valence-corrected chi connectivity index (χ1v) is 9.67. The number of nitrogens with one attached hydrogen (secondary N) is 1. The minimum atomic E-state index is -0.195. The number of likely N-dealkylation sites (N-methyl/N-ethyl adjacent to an activating group) is 1. The molecule has 0 saturated heterocycles. The van der Waals surface area contributed by atoms with Crippen LogP contribution in [0.15, 0.2) is 29.1 Å². The molecule has 0 aliphatic rings. The maximum absolute atomic E-state index is 12.4. The Hall–Kier alpha value is -2.74. The Morgan fingerprint density at radius 1 is 1.33 bits per heavy atom. The first-order valence-electron chi connectivity index (χ1n) is 8.86. The highest BCUT2D eigenvalue weighted by atomic mass is 32.1. The summed E-state index contributed by atoms with van der Waals surface area (Å²) in [5.41, 5.74) is 3.56. The van der Waals surface area contributed by atoms with Crippen molar-refractivity contribution in [2.75, 3.05) is 23.8 Å². The molecule has 0 fully saturated rings. The predicted octanol–water partition coefficient (Wildman–Crippen LogP) is 2.80. The van der Waals surface area contributed by atoms with Crippen molar-refractivity contribution in [2.45, 2.75) is 33.6 Å². The van der Waals surface area contributed by atoms with E-state index in [0.717, 1.165) is 35.3 Å². The summed E-state index contributed by atoms with van der Waals surface area (Å²) in [7, 11) is 1.78. The van der Waals surface area contributed by atoms with Gasteiger partial charge in [-0.25, -0.2) is 4.98 Å². The van der Waals surface area contributed by atoms with Crippen molar-refractivity contribution in [3.05, 3.63) is 51.4 Å². The molecule has 0 spiro atoms. The normalized spacial score (nSPS) is 11.0. The van der Waals surface area contributed by atoms with Gasteiger partial charge >= 0.3 is 0 Å². The summed E-state index contributed by atoms with van der Waals surface area (Å²) in [5.74, 6) is -0.141. The monoisotopic (exact) mass is 385 g/mol. The number of hydrogen-bond donors (Lipinski definition) is 1. The molecule has 27 heavy (non-hydrogen) atoms. The summed E-state index contributed by atoms with van der Waals surface area (Å²) in [4.78, 5) is 31.4. The molecule has 0 atom stereocenters. The number of nitrogens with zero attached hydrogens (tertiary/aromatic N) is 4. The molecule has 1 N–H and O–H groups in total. The lowest BCUT2D eigenvalue weighted by Gasteiger charge is -2.16. The van der Waals surface area contributed by atoms with Crippen LogP contribution in [0.5, 0.6) is 0 Å². The van der Waals surface area contributed by atoms with Gasteiger partial charge in [-0.15, -0.1) is 5.10 Å². The SMILES string of the molecule is CCCc1cc(=O)n2nc(N(C)CC(=O)Nc3cccc(C)c3C)sc2n1. The van der Waals surface area contributed by atoms with Crippen molar-refractivity contribution >= 4 is 33.0 Å². The number of rotatable bonds is 6. The predicted molar refractivity (Wildman–Crippen MR) is 109 cm³/mol. The maximum atomic E-state index is 12.4. The number of amides is 1. The largest absolute Gasteiger partial charge is 0.340 e. The molecule has 2 heterocycles. The second-order valence-corrected chi connectivity index (χ2v) is 7.50. The molecule has 2 aromatic heterocycles. The van der Waals surface area contributed by atoms with Crippen molar-refractivity contribution in [1.29, 1.82) is 0 Å². The molecular formula is C19H23N5O2S. The molecule has 0 bridgehead atoms. The highest BCUT2D eigenvalue weighted by molar-refractivity contribution is 7.20. The molecule has 0 aliphatic heterocycles. The Kier molecular flexibility index (Phi) is 5.55. The second kappa shape index (κ2) is 7.87. The fraction of sp³-hybridized carbons (Fsp3) is 0.368. The number of aryl methyl sites for hydroxylation is 2. The van der Waals surface area contributed by atoms with E-state index in [2.05, 4.69) is 15.4 Å². The van der Waals surface area contributed by atoms with Crippen LogP contribution in [-0.4, -0.2) is 34.1 Å². The van der Waals surface area contributed by atoms with Gasteiger partial charge in [0.2, 0.25) is 16.0 Å². The minimum Gasteiger partial charge on any atom is -0.340 e. The number of fused-ring (bicyclic) bond motifs is 1. The molecule has 142 valence electrons. The van der Waals surface area contributed by atoms with Crippen LogP contribution in [0.25, 0.3) is 4.96 Å². The van der Waals surface area contributed by atoms with Crippen LogP contribution in [0.4, 0.5) is 10.8 Å². The minimum absolute atomic E-state index is 0.129. The number of benzene rings is 1. The van der Waals surface area contributed by atoms with Crippen LogP contribution < -0.4 is 15.8 Å². The smallest absolute Gasteiger partial charge is 0.275 e. The van der Waals surface area contributed by atoms with Crippen LogP contribution in [0.3, 0.4) is 0 Å². The van der Waals surface area contributed by atoms with Gasteiger partial charge in [0.1, 0.15) is 0 Å². The van der Waals surface area contributed by atoms with Crippen LogP contribution in [0, 0.1) is 13.8 Å². The van der Waals surface area contributed by atoms with E-state index < -0.39 is 0 Å². The molecule has 1 amide bonds. The van der Waals surface area contributed by atoms with E-state index in [9.17, 15) is 9.59 Å². The molecule has 0 saturated carbocycles. The van der Waals surface area contributed by atoms with Crippen molar-refractivity contribution in [3.63, 3.8) is 0 Å². The second-order valence-electron chi connectivity index (χ2n) is 6.57. The van der Waals surface area contributed by atoms with E-state index in [0.29, 0.717) is 10.1 Å². The van der Waals surface area contributed by atoms with Gasteiger partial charge in [0, 0.05) is 24.5 Å². The van der Waals surface area contributed by atoms with Gasteiger partial charge in [0.15, 0.2) is 0 Å². The molecule has 0 radical (unpaired) electrons. The number of carbonyl (C=O) groups is 1. The molecule has 3 aromatic rings. The third-order valence-corrected chi connectivity index (χ3v) is 5.40. The first kappa shape index (κ1) is 19.0. The van der Waals surface area contributed by atoms with E-state index in [1.54, 1.807) is 11.9 Å². The summed E-state index contributed by atoms with van der Waals surface area (Å²) in [5, 5.41) is 7.82. The zero-order chi connectivity index (χ0) is 19.6. The fourth-order valence-electron chi connectivity index (χ4n) is 2.74. The third kappa shape index (κ3) is 4.16. The van der Waals surface area contributed by atoms with E-state index in [4.69, 9.17) is 0 Å². The quantitative estimate of drug-likeness (QED) is 0.706. The van der Waals surface area contributed by atoms with Crippen LogP contribution in [0.1, 0.15) is 30.2 Å². The Bertz CT molecular complexity index is 1040. The van der Waals surface area contributed by atoms with Gasteiger partial charge in [0.05, 0.1) is 6.54 Å². The van der Waals surface area contributed by atoms with Gasteiger partial charge in [-0.05, 0) is 37.5 Å². The Morgan fingerprint density at radius 2 is 2.11 bits per heavy atom. The van der Waals surface area contributed by atoms with Gasteiger partial charge in [-0.1, -0.05) is 36.8 Å². The zero-order valence-corrected chi connectivity index (χ0v) is 16.8. The van der Waals surface area contributed by atoms with E-state index in [1.165, 1.54) is 21.9 Å². The van der Waals surface area contributed by atoms with Crippen molar-refractivity contribution in [2.24, 2.45) is 0 Å². The molecule has 7 nitrogen and oxygen atoms in total. The van der Waals surface area contributed by atoms with E-state index in [1.807, 2.05) is 39.0 Å². The third-order valence-electron chi connectivity index (χ3n) is 4.38. The summed E-state index contributed by atoms with van der Waals surface area (Å²) >= 11 is 1.30. The van der Waals surface area contributed by atoms with Gasteiger partial charge < -0.3 is 10.2 Å². The fourth-order valence-corrected chi connectivity index (χ4v) is 3.63. The van der Waals surface area contributed by atoms with Gasteiger partial charge in [-0.2, -0.15) is 4.52 Å². The lowest BCUT2D eigenvalue weighted by atomic mass is 10.1. The Balaban J connectivity index is 1.76. The summed E-state index contributed by atoms with van der Waals surface area (Å²) in [6.07, 6.45) is 1.68. The molecule has 0 unspecified atom stereocenters. The average molecular weight is 385 g/mol. The van der Waals surface area contributed by atoms with Crippen LogP contribution >= 0.6 is 11.3 Å². The number of carbonyl (C=O) groups excluding carboxylic acids is 1.